The van der Waals surface area contributed by atoms with Crippen molar-refractivity contribution in [2.24, 2.45) is 0 Å². The van der Waals surface area contributed by atoms with Gasteiger partial charge in [-0.25, -0.2) is 0 Å². The second-order valence-electron chi connectivity index (χ2n) is 12.4. The highest BCUT2D eigenvalue weighted by Crippen LogP contribution is 2.35. The molecule has 0 aliphatic heterocycles. The van der Waals surface area contributed by atoms with E-state index in [0.717, 1.165) is 35.1 Å². The number of carbonyl (C=O) groups excluding carboxylic acids is 2. The van der Waals surface area contributed by atoms with E-state index in [0.29, 0.717) is 37.6 Å². The number of rotatable bonds is 20. The minimum absolute atomic E-state index is 0.0478. The van der Waals surface area contributed by atoms with Crippen LogP contribution in [0.3, 0.4) is 0 Å². The summed E-state index contributed by atoms with van der Waals surface area (Å²) in [5, 5.41) is 18.6. The topological polar surface area (TPSA) is 93.1 Å². The largest absolute Gasteiger partial charge is 0.493 e. The Morgan fingerprint density at radius 3 is 1.57 bits per heavy atom. The molecule has 0 bridgehead atoms. The van der Waals surface area contributed by atoms with Crippen LogP contribution >= 0.6 is 0 Å². The van der Waals surface area contributed by atoms with Gasteiger partial charge in [-0.15, -0.1) is 0 Å². The lowest BCUT2D eigenvalue weighted by atomic mass is 9.92. The zero-order valence-electron chi connectivity index (χ0n) is 30.6. The zero-order valence-corrected chi connectivity index (χ0v) is 30.6. The Bertz CT molecular complexity index is 1570. The normalized spacial score (nSPS) is 10.3. The number of unbranched alkanes of at least 4 members (excludes halogenated alkanes) is 4. The van der Waals surface area contributed by atoms with Gasteiger partial charge in [-0.1, -0.05) is 119 Å². The Kier molecular flexibility index (Phi) is 20.3. The van der Waals surface area contributed by atoms with Gasteiger partial charge in [0, 0.05) is 18.9 Å². The van der Waals surface area contributed by atoms with Crippen LogP contribution in [-0.4, -0.2) is 50.2 Å². The Morgan fingerprint density at radius 2 is 1.06 bits per heavy atom. The van der Waals surface area contributed by atoms with E-state index < -0.39 is 0 Å². The van der Waals surface area contributed by atoms with Crippen molar-refractivity contribution in [3.8, 4) is 44.9 Å². The molecule has 0 aliphatic rings. The van der Waals surface area contributed by atoms with Gasteiger partial charge in [-0.2, -0.15) is 0 Å². The molecule has 4 aromatic carbocycles. The molecule has 6 nitrogen and oxygen atoms in total. The van der Waals surface area contributed by atoms with Crippen molar-refractivity contribution in [1.29, 1.82) is 0 Å². The first kappa shape index (κ1) is 42.4. The number of hydrogen-bond acceptors (Lipinski definition) is 6. The Labute approximate surface area is 305 Å². The van der Waals surface area contributed by atoms with Crippen molar-refractivity contribution in [3.05, 3.63) is 120 Å². The minimum Gasteiger partial charge on any atom is -0.493 e. The van der Waals surface area contributed by atoms with Crippen molar-refractivity contribution < 1.29 is 29.3 Å². The molecule has 0 unspecified atom stereocenters. The summed E-state index contributed by atoms with van der Waals surface area (Å²) in [6.45, 7) is 16.9. The standard InChI is InChI=1S/C43H52O4.2CH2O/c1-5-7-8-9-10-11-34-12-14-36(15-13-34)37-16-18-38(19-17-37)43-21-20-39(26-35(43)6-2)40-27-41(46-24-22-32(3)30-44)29-42(28-40)47-25-23-33(4)31-45;2*1-2/h12-21,26-29,44-45H,3-11,22-25,30-31H2,1-2H3;2*1H2. The summed E-state index contributed by atoms with van der Waals surface area (Å²) >= 11 is 0. The van der Waals surface area contributed by atoms with Crippen molar-refractivity contribution in [1.82, 2.24) is 0 Å². The number of carbonyl (C=O) groups is 2. The van der Waals surface area contributed by atoms with E-state index in [1.807, 2.05) is 31.8 Å². The molecule has 0 radical (unpaired) electrons. The van der Waals surface area contributed by atoms with E-state index in [-0.39, 0.29) is 13.2 Å². The van der Waals surface area contributed by atoms with E-state index in [1.165, 1.54) is 65.5 Å². The molecule has 0 atom stereocenters. The first-order chi connectivity index (χ1) is 24.9. The molecular formula is C45H56O6. The van der Waals surface area contributed by atoms with E-state index in [2.05, 4.69) is 93.7 Å². The van der Waals surface area contributed by atoms with Crippen LogP contribution in [0, 0.1) is 0 Å². The van der Waals surface area contributed by atoms with Crippen LogP contribution in [0.5, 0.6) is 11.5 Å². The van der Waals surface area contributed by atoms with Gasteiger partial charge in [0.2, 0.25) is 0 Å². The highest BCUT2D eigenvalue weighted by molar-refractivity contribution is 5.77. The van der Waals surface area contributed by atoms with Gasteiger partial charge in [0.25, 0.3) is 0 Å². The molecule has 2 N–H and O–H groups in total. The van der Waals surface area contributed by atoms with E-state index >= 15 is 0 Å². The number of aliphatic hydroxyl groups is 2. The van der Waals surface area contributed by atoms with Gasteiger partial charge in [-0.05, 0) is 87.0 Å². The third-order valence-electron chi connectivity index (χ3n) is 8.65. The fraction of sp³-hybridized carbons (Fsp3) is 0.333. The molecule has 272 valence electrons. The van der Waals surface area contributed by atoms with Gasteiger partial charge in [0.05, 0.1) is 26.4 Å². The molecule has 0 saturated heterocycles. The van der Waals surface area contributed by atoms with Crippen molar-refractivity contribution in [2.75, 3.05) is 26.4 Å². The summed E-state index contributed by atoms with van der Waals surface area (Å²) in [6, 6.07) is 30.6. The minimum atomic E-state index is -0.0478. The number of aliphatic hydroxyl groups excluding tert-OH is 2. The Hall–Kier alpha value is -4.78. The SMILES string of the molecule is C=C(CO)CCOc1cc(OCCC(=C)CO)cc(-c2ccc(-c3ccc(-c4ccc(CCCCCCC)cc4)cc3)c(CC)c2)c1.C=O.C=O. The first-order valence-electron chi connectivity index (χ1n) is 17.8. The van der Waals surface area contributed by atoms with Gasteiger partial charge < -0.3 is 29.3 Å². The second-order valence-corrected chi connectivity index (χ2v) is 12.4. The van der Waals surface area contributed by atoms with Gasteiger partial charge >= 0.3 is 0 Å². The number of hydrogen-bond donors (Lipinski definition) is 2. The molecule has 0 heterocycles. The number of aryl methyl sites for hydroxylation is 2. The fourth-order valence-corrected chi connectivity index (χ4v) is 5.68. The molecular weight excluding hydrogens is 636 g/mol. The third-order valence-corrected chi connectivity index (χ3v) is 8.65. The molecule has 6 heteroatoms. The third kappa shape index (κ3) is 14.2. The predicted octanol–water partition coefficient (Wildman–Crippen LogP) is 10.0. The van der Waals surface area contributed by atoms with Crippen LogP contribution in [0.1, 0.15) is 69.9 Å². The molecule has 0 amide bonds. The quantitative estimate of drug-likeness (QED) is 0.0708. The maximum atomic E-state index is 9.30. The summed E-state index contributed by atoms with van der Waals surface area (Å²) < 4.78 is 12.1. The van der Waals surface area contributed by atoms with Crippen LogP contribution in [0.15, 0.2) is 109 Å². The molecule has 0 fully saturated rings. The van der Waals surface area contributed by atoms with Crippen LogP contribution in [0.2, 0.25) is 0 Å². The summed E-state index contributed by atoms with van der Waals surface area (Å²) in [6.07, 6.45) is 9.77. The Balaban J connectivity index is 0.00000217. The highest BCUT2D eigenvalue weighted by Gasteiger charge is 2.11. The number of ether oxygens (including phenoxy) is 2. The summed E-state index contributed by atoms with van der Waals surface area (Å²) in [5.74, 6) is 1.39. The van der Waals surface area contributed by atoms with Crippen LogP contribution in [-0.2, 0) is 22.4 Å². The number of benzene rings is 4. The molecule has 0 saturated carbocycles. The molecule has 0 aromatic heterocycles. The summed E-state index contributed by atoms with van der Waals surface area (Å²) in [4.78, 5) is 16.0. The fourth-order valence-electron chi connectivity index (χ4n) is 5.68. The van der Waals surface area contributed by atoms with Crippen LogP contribution in [0.25, 0.3) is 33.4 Å². The molecule has 4 aromatic rings. The predicted molar refractivity (Wildman–Crippen MR) is 212 cm³/mol. The van der Waals surface area contributed by atoms with Gasteiger partial charge in [0.15, 0.2) is 0 Å². The molecule has 0 spiro atoms. The zero-order chi connectivity index (χ0) is 37.4. The molecule has 4 rings (SSSR count). The van der Waals surface area contributed by atoms with E-state index in [9.17, 15) is 10.2 Å². The Morgan fingerprint density at radius 1 is 0.569 bits per heavy atom. The maximum Gasteiger partial charge on any atom is 0.123 e. The summed E-state index contributed by atoms with van der Waals surface area (Å²) in [5.41, 5.74) is 11.2. The smallest absolute Gasteiger partial charge is 0.123 e. The van der Waals surface area contributed by atoms with Gasteiger partial charge in [0.1, 0.15) is 25.1 Å². The van der Waals surface area contributed by atoms with E-state index in [1.54, 1.807) is 0 Å². The van der Waals surface area contributed by atoms with Crippen LogP contribution < -0.4 is 9.47 Å². The average molecular weight is 693 g/mol. The first-order valence-corrected chi connectivity index (χ1v) is 17.8. The average Bonchev–Trinajstić information content (AvgIpc) is 3.19. The summed E-state index contributed by atoms with van der Waals surface area (Å²) in [7, 11) is 0. The highest BCUT2D eigenvalue weighted by atomic mass is 16.5. The molecule has 51 heavy (non-hydrogen) atoms. The lowest BCUT2D eigenvalue weighted by Gasteiger charge is -2.15. The van der Waals surface area contributed by atoms with Crippen molar-refractivity contribution in [2.45, 2.75) is 71.6 Å². The lowest BCUT2D eigenvalue weighted by molar-refractivity contribution is -0.0987. The van der Waals surface area contributed by atoms with E-state index in [4.69, 9.17) is 19.1 Å². The molecule has 0 aliphatic carbocycles. The second kappa shape index (κ2) is 24.4. The van der Waals surface area contributed by atoms with Crippen LogP contribution in [0.4, 0.5) is 0 Å². The maximum absolute atomic E-state index is 9.30. The lowest BCUT2D eigenvalue weighted by Crippen LogP contribution is -2.03. The van der Waals surface area contributed by atoms with Crippen molar-refractivity contribution in [3.63, 3.8) is 0 Å². The monoisotopic (exact) mass is 692 g/mol. The van der Waals surface area contributed by atoms with Crippen molar-refractivity contribution >= 4 is 13.6 Å². The van der Waals surface area contributed by atoms with Gasteiger partial charge in [-0.3, -0.25) is 0 Å².